The molecule has 270 valence electrons. The normalized spacial score (nSPS) is 29.0. The van der Waals surface area contributed by atoms with Gasteiger partial charge in [-0.3, -0.25) is 19.2 Å². The molecule has 0 radical (unpaired) electrons. The van der Waals surface area contributed by atoms with E-state index in [1.807, 2.05) is 105 Å². The van der Waals surface area contributed by atoms with E-state index in [2.05, 4.69) is 21.2 Å². The van der Waals surface area contributed by atoms with E-state index in [9.17, 15) is 14.7 Å². The molecule has 10 nitrogen and oxygen atoms in total. The highest BCUT2D eigenvalue weighted by atomic mass is 79.9. The molecule has 4 heterocycles. The number of anilines is 1. The van der Waals surface area contributed by atoms with Gasteiger partial charge in [0.25, 0.3) is 5.91 Å². The number of allylic oxidation sites excluding steroid dienone is 1. The lowest BCUT2D eigenvalue weighted by Gasteiger charge is -2.39. The summed E-state index contributed by atoms with van der Waals surface area (Å²) in [5.41, 5.74) is 2.57. The second kappa shape index (κ2) is 14.8. The molecule has 0 aliphatic carbocycles. The molecule has 3 aromatic carbocycles. The van der Waals surface area contributed by atoms with Gasteiger partial charge in [0.1, 0.15) is 24.4 Å². The lowest BCUT2D eigenvalue weighted by molar-refractivity contribution is -0.146. The molecule has 2 saturated heterocycles. The maximum atomic E-state index is 15.4. The van der Waals surface area contributed by atoms with Gasteiger partial charge in [-0.15, -0.1) is 0 Å². The lowest BCUT2D eigenvalue weighted by Crippen LogP contribution is -2.59. The molecule has 2 N–H and O–H groups in total. The zero-order valence-electron chi connectivity index (χ0n) is 29.1. The van der Waals surface area contributed by atoms with Crippen LogP contribution in [0.5, 0.6) is 0 Å². The molecule has 7 rings (SSSR count). The standard InChI is InChI=1S/C41H42BrN3O7/c1-25-17-18-26(2)32(20-25)44-19-11-5-10-16-33(47)51-24-31(28-14-8-4-9-15-28)43-38(48)34-35-39(49)45(29(23-46)21-27-12-6-3-7-13-27)37(40(44)50)41(35)22-30(42)36(34)52-41/h3-9,11-15,17-18,20,22,29,31,34-37,46H,10,16,19,21,23-24H2,1-2H3,(H,43,48)/b11-5-/t29-,31+,34+,35-,36+,37+,41-/m1/s1. The van der Waals surface area contributed by atoms with Gasteiger partial charge in [-0.25, -0.2) is 0 Å². The highest BCUT2D eigenvalue weighted by molar-refractivity contribution is 9.11. The lowest BCUT2D eigenvalue weighted by atomic mass is 9.74. The number of esters is 1. The highest BCUT2D eigenvalue weighted by Crippen LogP contribution is 2.59. The van der Waals surface area contributed by atoms with Crippen LogP contribution < -0.4 is 10.2 Å². The Labute approximate surface area is 311 Å². The Morgan fingerprint density at radius 2 is 1.69 bits per heavy atom. The second-order valence-electron chi connectivity index (χ2n) is 14.0. The Morgan fingerprint density at radius 3 is 2.42 bits per heavy atom. The van der Waals surface area contributed by atoms with Gasteiger partial charge < -0.3 is 29.7 Å². The van der Waals surface area contributed by atoms with E-state index in [0.29, 0.717) is 16.6 Å². The topological polar surface area (TPSA) is 125 Å². The van der Waals surface area contributed by atoms with Crippen LogP contribution in [0.3, 0.4) is 0 Å². The fraction of sp³-hybridized carbons (Fsp3) is 0.366. The van der Waals surface area contributed by atoms with Crippen LogP contribution >= 0.6 is 15.9 Å². The van der Waals surface area contributed by atoms with Gasteiger partial charge >= 0.3 is 5.97 Å². The van der Waals surface area contributed by atoms with Crippen molar-refractivity contribution in [3.05, 3.63) is 124 Å². The number of nitrogens with zero attached hydrogens (tertiary/aromatic N) is 2. The molecule has 3 amide bonds. The van der Waals surface area contributed by atoms with Gasteiger partial charge in [0.05, 0.1) is 30.5 Å². The average molecular weight is 769 g/mol. The number of halogens is 1. The van der Waals surface area contributed by atoms with E-state index >= 15 is 9.59 Å². The summed E-state index contributed by atoms with van der Waals surface area (Å²) in [4.78, 5) is 61.0. The van der Waals surface area contributed by atoms with Gasteiger partial charge in [-0.1, -0.05) is 101 Å². The minimum atomic E-state index is -1.51. The van der Waals surface area contributed by atoms with E-state index in [1.54, 1.807) is 11.0 Å². The molecular formula is C41H42BrN3O7. The summed E-state index contributed by atoms with van der Waals surface area (Å²) in [6.07, 6.45) is 5.41. The highest BCUT2D eigenvalue weighted by Gasteiger charge is 2.75. The van der Waals surface area contributed by atoms with Crippen molar-refractivity contribution in [3.8, 4) is 0 Å². The predicted octanol–water partition coefficient (Wildman–Crippen LogP) is 4.86. The Hall–Kier alpha value is -4.58. The van der Waals surface area contributed by atoms with Crippen molar-refractivity contribution in [2.45, 2.75) is 62.9 Å². The number of aryl methyl sites for hydroxylation is 2. The van der Waals surface area contributed by atoms with E-state index in [1.165, 1.54) is 4.90 Å². The molecule has 7 atom stereocenters. The first-order valence-corrected chi connectivity index (χ1v) is 18.5. The third-order valence-electron chi connectivity index (χ3n) is 10.6. The summed E-state index contributed by atoms with van der Waals surface area (Å²) in [6, 6.07) is 21.9. The number of benzene rings is 3. The molecule has 0 aromatic heterocycles. The van der Waals surface area contributed by atoms with Crippen LogP contribution in [0.15, 0.2) is 102 Å². The van der Waals surface area contributed by atoms with Crippen molar-refractivity contribution in [2.75, 3.05) is 24.7 Å². The quantitative estimate of drug-likeness (QED) is 0.271. The van der Waals surface area contributed by atoms with Crippen LogP contribution in [0, 0.1) is 25.7 Å². The molecule has 3 aromatic rings. The third-order valence-corrected chi connectivity index (χ3v) is 11.3. The van der Waals surface area contributed by atoms with Gasteiger partial charge in [0, 0.05) is 23.1 Å². The zero-order chi connectivity index (χ0) is 36.6. The van der Waals surface area contributed by atoms with Crippen LogP contribution in [0.4, 0.5) is 5.69 Å². The van der Waals surface area contributed by atoms with Crippen molar-refractivity contribution in [3.63, 3.8) is 0 Å². The van der Waals surface area contributed by atoms with Crippen molar-refractivity contribution >= 4 is 45.3 Å². The number of hydrogen-bond acceptors (Lipinski definition) is 7. The van der Waals surface area contributed by atoms with Crippen LogP contribution in [-0.4, -0.2) is 77.2 Å². The van der Waals surface area contributed by atoms with Gasteiger partial charge in [0.15, 0.2) is 0 Å². The van der Waals surface area contributed by atoms with Crippen LogP contribution in [0.25, 0.3) is 0 Å². The van der Waals surface area contributed by atoms with Crippen molar-refractivity contribution in [1.82, 2.24) is 10.2 Å². The minimum absolute atomic E-state index is 0.103. The molecule has 11 heteroatoms. The number of carbonyl (C=O) groups is 4. The Kier molecular flexibility index (Phi) is 10.2. The van der Waals surface area contributed by atoms with Crippen molar-refractivity contribution < 1.29 is 33.8 Å². The maximum absolute atomic E-state index is 15.4. The molecule has 2 fully saturated rings. The molecule has 0 saturated carbocycles. The number of fused-ring (bicyclic) bond motifs is 2. The fourth-order valence-electron chi connectivity index (χ4n) is 8.15. The summed E-state index contributed by atoms with van der Waals surface area (Å²) in [5, 5.41) is 14.0. The second-order valence-corrected chi connectivity index (χ2v) is 14.9. The van der Waals surface area contributed by atoms with Gasteiger partial charge in [-0.05, 0) is 61.1 Å². The number of rotatable bonds is 6. The summed E-state index contributed by atoms with van der Waals surface area (Å²) >= 11 is 3.65. The van der Waals surface area contributed by atoms with E-state index in [-0.39, 0.29) is 26.0 Å². The molecule has 1 spiro atoms. The Bertz CT molecular complexity index is 1920. The zero-order valence-corrected chi connectivity index (χ0v) is 30.7. The number of carbonyl (C=O) groups excluding carboxylic acids is 4. The smallest absolute Gasteiger partial charge is 0.306 e. The molecular weight excluding hydrogens is 726 g/mol. The molecule has 5 bridgehead atoms. The molecule has 0 unspecified atom stereocenters. The summed E-state index contributed by atoms with van der Waals surface area (Å²) in [5.74, 6) is -3.80. The minimum Gasteiger partial charge on any atom is -0.463 e. The van der Waals surface area contributed by atoms with Crippen molar-refractivity contribution in [2.24, 2.45) is 11.8 Å². The number of hydrogen-bond donors (Lipinski definition) is 2. The third kappa shape index (κ3) is 6.50. The molecule has 4 aliphatic heterocycles. The number of aliphatic hydroxyl groups is 1. The maximum Gasteiger partial charge on any atom is 0.306 e. The SMILES string of the molecule is Cc1ccc(C)c(N2C/C=C\CCC(=O)OC[C@@H](c3ccccc3)NC(=O)[C@@H]3[C@H]4O[C@@]5(C=C4Br)[C@H](C2=O)N([C@@H](CO)Cc2ccccc2)C(=O)[C@@H]35)c1. The summed E-state index contributed by atoms with van der Waals surface area (Å²) in [6.45, 7) is 3.50. The number of aliphatic hydroxyl groups excluding tert-OH is 1. The first-order chi connectivity index (χ1) is 25.1. The van der Waals surface area contributed by atoms with E-state index in [4.69, 9.17) is 9.47 Å². The van der Waals surface area contributed by atoms with Crippen LogP contribution in [-0.2, 0) is 35.1 Å². The van der Waals surface area contributed by atoms with Crippen molar-refractivity contribution in [1.29, 1.82) is 0 Å². The van der Waals surface area contributed by atoms with Gasteiger partial charge in [-0.2, -0.15) is 0 Å². The van der Waals surface area contributed by atoms with Gasteiger partial charge in [0.2, 0.25) is 11.8 Å². The van der Waals surface area contributed by atoms with Crippen LogP contribution in [0.2, 0.25) is 0 Å². The summed E-state index contributed by atoms with van der Waals surface area (Å²) in [7, 11) is 0. The van der Waals surface area contributed by atoms with E-state index in [0.717, 1.165) is 22.3 Å². The first kappa shape index (κ1) is 35.8. The molecule has 52 heavy (non-hydrogen) atoms. The fourth-order valence-corrected chi connectivity index (χ4v) is 8.89. The number of amides is 3. The Morgan fingerprint density at radius 1 is 0.962 bits per heavy atom. The number of cyclic esters (lactones) is 1. The summed E-state index contributed by atoms with van der Waals surface area (Å²) < 4.78 is 13.0. The largest absolute Gasteiger partial charge is 0.463 e. The number of ether oxygens (including phenoxy) is 2. The van der Waals surface area contributed by atoms with E-state index < -0.39 is 72.0 Å². The van der Waals surface area contributed by atoms with Crippen LogP contribution in [0.1, 0.15) is 41.1 Å². The average Bonchev–Trinajstić information content (AvgIpc) is 3.75. The number of nitrogens with one attached hydrogen (secondary N) is 1. The first-order valence-electron chi connectivity index (χ1n) is 17.7. The molecule has 4 aliphatic rings. The predicted molar refractivity (Wildman–Crippen MR) is 198 cm³/mol. The number of likely N-dealkylation sites (tertiary alicyclic amines) is 1. The monoisotopic (exact) mass is 767 g/mol. The Balaban J connectivity index is 1.37.